The van der Waals surface area contributed by atoms with Crippen LogP contribution in [0.2, 0.25) is 0 Å². The molecule has 0 saturated carbocycles. The van der Waals surface area contributed by atoms with Gasteiger partial charge in [-0.25, -0.2) is 4.52 Å². The van der Waals surface area contributed by atoms with Crippen molar-refractivity contribution in [2.75, 3.05) is 0 Å². The molecular formula is C16H16N4O3. The van der Waals surface area contributed by atoms with Crippen molar-refractivity contribution in [2.24, 2.45) is 5.73 Å². The predicted molar refractivity (Wildman–Crippen MR) is 84.7 cm³/mol. The zero-order valence-electron chi connectivity index (χ0n) is 12.6. The molecule has 2 heterocycles. The highest BCUT2D eigenvalue weighted by molar-refractivity contribution is 5.74. The third-order valence-electron chi connectivity index (χ3n) is 3.67. The summed E-state index contributed by atoms with van der Waals surface area (Å²) >= 11 is 0. The number of aryl methyl sites for hydroxylation is 1. The minimum absolute atomic E-state index is 0.217. The van der Waals surface area contributed by atoms with Gasteiger partial charge in [0.2, 0.25) is 5.91 Å². The molecular weight excluding hydrogens is 296 g/mol. The maximum Gasteiger partial charge on any atom is 0.277 e. The molecule has 1 amide bonds. The van der Waals surface area contributed by atoms with Crippen LogP contribution in [0.4, 0.5) is 0 Å². The minimum Gasteiger partial charge on any atom is -0.392 e. The van der Waals surface area contributed by atoms with Crippen molar-refractivity contribution >= 4 is 11.4 Å². The van der Waals surface area contributed by atoms with Crippen LogP contribution in [0.5, 0.6) is 0 Å². The first kappa shape index (κ1) is 15.0. The van der Waals surface area contributed by atoms with Gasteiger partial charge in [0.05, 0.1) is 12.3 Å². The molecule has 0 spiro atoms. The Labute approximate surface area is 131 Å². The van der Waals surface area contributed by atoms with E-state index in [1.54, 1.807) is 6.20 Å². The summed E-state index contributed by atoms with van der Waals surface area (Å²) in [6.45, 7) is 1.43. The topological polar surface area (TPSA) is 103 Å². The average Bonchev–Trinajstić information content (AvgIpc) is 2.90. The van der Waals surface area contributed by atoms with Crippen molar-refractivity contribution in [3.8, 4) is 11.3 Å². The molecule has 7 nitrogen and oxygen atoms in total. The Morgan fingerprint density at radius 3 is 2.57 bits per heavy atom. The Hall–Kier alpha value is -2.93. The van der Waals surface area contributed by atoms with E-state index in [2.05, 4.69) is 5.10 Å². The maximum absolute atomic E-state index is 12.5. The molecule has 0 aliphatic carbocycles. The van der Waals surface area contributed by atoms with Gasteiger partial charge < -0.3 is 15.4 Å². The number of hydrogen-bond acceptors (Lipinski definition) is 4. The number of carbonyl (C=O) groups excluding carboxylic acids is 1. The summed E-state index contributed by atoms with van der Waals surface area (Å²) in [6, 6.07) is 7.65. The van der Waals surface area contributed by atoms with Gasteiger partial charge in [0.25, 0.3) is 5.56 Å². The van der Waals surface area contributed by atoms with E-state index >= 15 is 0 Å². The van der Waals surface area contributed by atoms with Gasteiger partial charge in [0.15, 0.2) is 0 Å². The van der Waals surface area contributed by atoms with Gasteiger partial charge in [0, 0.05) is 23.5 Å². The largest absolute Gasteiger partial charge is 0.392 e. The van der Waals surface area contributed by atoms with Crippen LogP contribution in [0, 0.1) is 6.92 Å². The van der Waals surface area contributed by atoms with Crippen molar-refractivity contribution < 1.29 is 9.90 Å². The van der Waals surface area contributed by atoms with Crippen LogP contribution in [-0.4, -0.2) is 25.2 Å². The van der Waals surface area contributed by atoms with E-state index in [9.17, 15) is 14.7 Å². The smallest absolute Gasteiger partial charge is 0.277 e. The van der Waals surface area contributed by atoms with E-state index in [4.69, 9.17) is 5.73 Å². The summed E-state index contributed by atoms with van der Waals surface area (Å²) in [6.07, 6.45) is 3.02. The van der Waals surface area contributed by atoms with Gasteiger partial charge >= 0.3 is 0 Å². The van der Waals surface area contributed by atoms with Crippen LogP contribution in [-0.2, 0) is 17.9 Å². The molecule has 3 aromatic rings. The molecule has 7 heteroatoms. The lowest BCUT2D eigenvalue weighted by atomic mass is 10.1. The number of aromatic nitrogens is 3. The third kappa shape index (κ3) is 2.62. The molecule has 0 bridgehead atoms. The highest BCUT2D eigenvalue weighted by Crippen LogP contribution is 2.25. The quantitative estimate of drug-likeness (QED) is 0.730. The molecule has 0 radical (unpaired) electrons. The van der Waals surface area contributed by atoms with Gasteiger partial charge in [-0.3, -0.25) is 9.59 Å². The number of aliphatic hydroxyl groups is 1. The van der Waals surface area contributed by atoms with Crippen LogP contribution >= 0.6 is 0 Å². The molecule has 0 atom stereocenters. The van der Waals surface area contributed by atoms with Gasteiger partial charge in [0.1, 0.15) is 12.1 Å². The maximum atomic E-state index is 12.5. The van der Waals surface area contributed by atoms with E-state index in [0.29, 0.717) is 11.3 Å². The van der Waals surface area contributed by atoms with Crippen molar-refractivity contribution in [2.45, 2.75) is 20.1 Å². The van der Waals surface area contributed by atoms with E-state index in [0.717, 1.165) is 11.1 Å². The summed E-state index contributed by atoms with van der Waals surface area (Å²) in [5.41, 5.74) is 7.86. The lowest BCUT2D eigenvalue weighted by Crippen LogP contribution is -2.28. The normalized spacial score (nSPS) is 11.0. The zero-order valence-corrected chi connectivity index (χ0v) is 12.6. The second-order valence-electron chi connectivity index (χ2n) is 5.34. The molecule has 1 aromatic carbocycles. The van der Waals surface area contributed by atoms with Crippen LogP contribution in [0.1, 0.15) is 11.1 Å². The van der Waals surface area contributed by atoms with E-state index in [1.807, 2.05) is 31.2 Å². The number of aliphatic hydroxyl groups excluding tert-OH is 1. The Morgan fingerprint density at radius 1 is 1.26 bits per heavy atom. The van der Waals surface area contributed by atoms with Crippen molar-refractivity contribution in [1.82, 2.24) is 14.2 Å². The van der Waals surface area contributed by atoms with E-state index in [-0.39, 0.29) is 18.7 Å². The first-order chi connectivity index (χ1) is 11.0. The summed E-state index contributed by atoms with van der Waals surface area (Å²) in [5.74, 6) is -0.611. The molecule has 0 aliphatic heterocycles. The van der Waals surface area contributed by atoms with E-state index < -0.39 is 11.5 Å². The third-order valence-corrected chi connectivity index (χ3v) is 3.67. The Kier molecular flexibility index (Phi) is 3.71. The number of amides is 1. The molecule has 0 aliphatic rings. The second-order valence-corrected chi connectivity index (χ2v) is 5.34. The predicted octanol–water partition coefficient (Wildman–Crippen LogP) is 0.449. The summed E-state index contributed by atoms with van der Waals surface area (Å²) in [5, 5.41) is 14.1. The lowest BCUT2D eigenvalue weighted by Gasteiger charge is -2.03. The standard InChI is InChI=1S/C16H16N4O3/c1-10-2-4-11(5-3-10)14-12(9-21)15-16(23)19(8-13(17)22)6-7-20(15)18-14/h2-7,21H,8-9H2,1H3,(H2,17,22). The number of primary amides is 1. The van der Waals surface area contributed by atoms with Crippen LogP contribution in [0.15, 0.2) is 41.5 Å². The van der Waals surface area contributed by atoms with Gasteiger partial charge in [-0.05, 0) is 6.92 Å². The molecule has 0 saturated heterocycles. The molecule has 23 heavy (non-hydrogen) atoms. The van der Waals surface area contributed by atoms with Crippen molar-refractivity contribution in [1.29, 1.82) is 0 Å². The fourth-order valence-corrected chi connectivity index (χ4v) is 2.54. The SMILES string of the molecule is Cc1ccc(-c2nn3ccn(CC(N)=O)c(=O)c3c2CO)cc1. The van der Waals surface area contributed by atoms with Crippen molar-refractivity contribution in [3.05, 3.63) is 58.1 Å². The number of hydrogen-bond donors (Lipinski definition) is 2. The van der Waals surface area contributed by atoms with Crippen LogP contribution in [0.3, 0.4) is 0 Å². The Bertz CT molecular complexity index is 938. The molecule has 2 aromatic heterocycles. The van der Waals surface area contributed by atoms with Gasteiger partial charge in [-0.1, -0.05) is 29.8 Å². The monoisotopic (exact) mass is 312 g/mol. The summed E-state index contributed by atoms with van der Waals surface area (Å²) < 4.78 is 2.62. The molecule has 3 rings (SSSR count). The fraction of sp³-hybridized carbons (Fsp3) is 0.188. The molecule has 0 fully saturated rings. The minimum atomic E-state index is -0.611. The van der Waals surface area contributed by atoms with Crippen molar-refractivity contribution in [3.63, 3.8) is 0 Å². The lowest BCUT2D eigenvalue weighted by molar-refractivity contribution is -0.118. The second kappa shape index (κ2) is 5.69. The van der Waals surface area contributed by atoms with Crippen LogP contribution in [0.25, 0.3) is 16.8 Å². The Balaban J connectivity index is 2.25. The molecule has 0 unspecified atom stereocenters. The van der Waals surface area contributed by atoms with E-state index in [1.165, 1.54) is 15.3 Å². The average molecular weight is 312 g/mol. The highest BCUT2D eigenvalue weighted by atomic mass is 16.3. The Morgan fingerprint density at radius 2 is 1.96 bits per heavy atom. The molecule has 3 N–H and O–H groups in total. The van der Waals surface area contributed by atoms with Gasteiger partial charge in [-0.2, -0.15) is 5.10 Å². The van der Waals surface area contributed by atoms with Crippen LogP contribution < -0.4 is 11.3 Å². The number of nitrogens with two attached hydrogens (primary N) is 1. The number of carbonyl (C=O) groups is 1. The fourth-order valence-electron chi connectivity index (χ4n) is 2.54. The number of nitrogens with zero attached hydrogens (tertiary/aromatic N) is 3. The number of rotatable bonds is 4. The summed E-state index contributed by atoms with van der Waals surface area (Å²) in [4.78, 5) is 23.6. The molecule has 118 valence electrons. The first-order valence-corrected chi connectivity index (χ1v) is 7.08. The summed E-state index contributed by atoms with van der Waals surface area (Å²) in [7, 11) is 0. The first-order valence-electron chi connectivity index (χ1n) is 7.08. The number of benzene rings is 1. The number of fused-ring (bicyclic) bond motifs is 1. The van der Waals surface area contributed by atoms with Gasteiger partial charge in [-0.15, -0.1) is 0 Å². The highest BCUT2D eigenvalue weighted by Gasteiger charge is 2.17. The zero-order chi connectivity index (χ0) is 16.6.